The molecule has 5 fully saturated rings. The van der Waals surface area contributed by atoms with Crippen LogP contribution < -0.4 is 10.1 Å². The molecule has 1 N–H and O–H groups in total. The largest absolute Gasteiger partial charge is 0.489 e. The van der Waals surface area contributed by atoms with Crippen LogP contribution in [0.5, 0.6) is 5.75 Å². The maximum atomic E-state index is 13.0. The molecule has 0 atom stereocenters. The summed E-state index contributed by atoms with van der Waals surface area (Å²) in [6.07, 6.45) is 13.6. The van der Waals surface area contributed by atoms with E-state index in [0.717, 1.165) is 34.4 Å². The predicted octanol–water partition coefficient (Wildman–Crippen LogP) is 4.52. The minimum absolute atomic E-state index is 0.0128. The first kappa shape index (κ1) is 29.2. The van der Waals surface area contributed by atoms with E-state index in [1.54, 1.807) is 17.0 Å². The number of ether oxygens (including phenoxy) is 1. The minimum Gasteiger partial charge on any atom is -0.489 e. The molecular formula is C34H40N4O5. The first-order chi connectivity index (χ1) is 20.8. The molecule has 0 unspecified atom stereocenters. The topological polar surface area (TPSA) is 105 Å². The van der Waals surface area contributed by atoms with E-state index in [9.17, 15) is 19.7 Å². The molecule has 226 valence electrons. The smallest absolute Gasteiger partial charge is 0.270 e. The average Bonchev–Trinajstić information content (AvgIpc) is 2.99. The standard InChI is InChI=1S/C34H40N4O5/c1-2-24-3-5-25(6-4-24)23-43-31-8-7-30(38(41)42)16-29(31)22-36-9-11-37(12-10-36)33(40)21-35-32(39)20-34-17-26-13-27(18-34)15-28(14-26)19-34/h1,3-8,16,26-28H,9-15,17-23H2,(H,35,39). The molecule has 43 heavy (non-hydrogen) atoms. The predicted molar refractivity (Wildman–Crippen MR) is 162 cm³/mol. The van der Waals surface area contributed by atoms with Crippen molar-refractivity contribution in [2.75, 3.05) is 32.7 Å². The molecular weight excluding hydrogens is 544 g/mol. The summed E-state index contributed by atoms with van der Waals surface area (Å²) in [6, 6.07) is 12.2. The van der Waals surface area contributed by atoms with Crippen molar-refractivity contribution < 1.29 is 19.2 Å². The van der Waals surface area contributed by atoms with Gasteiger partial charge in [-0.05, 0) is 85.5 Å². The second-order valence-corrected chi connectivity index (χ2v) is 13.2. The van der Waals surface area contributed by atoms with E-state index in [1.165, 1.54) is 44.6 Å². The van der Waals surface area contributed by atoms with Crippen LogP contribution in [0.4, 0.5) is 5.69 Å². The van der Waals surface area contributed by atoms with Crippen LogP contribution in [-0.2, 0) is 22.7 Å². The molecule has 0 aromatic heterocycles. The molecule has 1 saturated heterocycles. The molecule has 9 heteroatoms. The van der Waals surface area contributed by atoms with Gasteiger partial charge in [-0.15, -0.1) is 6.42 Å². The number of nitrogens with one attached hydrogen (secondary N) is 1. The molecule has 7 rings (SSSR count). The molecule has 4 saturated carbocycles. The number of rotatable bonds is 10. The summed E-state index contributed by atoms with van der Waals surface area (Å²) in [5.74, 6) is 5.53. The first-order valence-electron chi connectivity index (χ1n) is 15.5. The number of amides is 2. The molecule has 2 aromatic rings. The summed E-state index contributed by atoms with van der Waals surface area (Å²) >= 11 is 0. The fraction of sp³-hybridized carbons (Fsp3) is 0.529. The fourth-order valence-electron chi connectivity index (χ4n) is 8.39. The summed E-state index contributed by atoms with van der Waals surface area (Å²) < 4.78 is 6.07. The Morgan fingerprint density at radius 2 is 1.65 bits per heavy atom. The third-order valence-corrected chi connectivity index (χ3v) is 10.0. The van der Waals surface area contributed by atoms with Crippen LogP contribution in [0.1, 0.15) is 61.6 Å². The van der Waals surface area contributed by atoms with Gasteiger partial charge < -0.3 is 15.0 Å². The summed E-state index contributed by atoms with van der Waals surface area (Å²) in [5.41, 5.74) is 2.64. The van der Waals surface area contributed by atoms with Crippen molar-refractivity contribution in [3.8, 4) is 18.1 Å². The van der Waals surface area contributed by atoms with Crippen LogP contribution in [0.25, 0.3) is 0 Å². The van der Waals surface area contributed by atoms with Gasteiger partial charge in [0.25, 0.3) is 5.69 Å². The molecule has 0 spiro atoms. The Bertz CT molecular complexity index is 1370. The highest BCUT2D eigenvalue weighted by Gasteiger charge is 2.51. The van der Waals surface area contributed by atoms with Gasteiger partial charge in [-0.25, -0.2) is 0 Å². The van der Waals surface area contributed by atoms with Gasteiger partial charge in [0.15, 0.2) is 0 Å². The molecule has 1 heterocycles. The van der Waals surface area contributed by atoms with Crippen LogP contribution in [-0.4, -0.2) is 59.3 Å². The van der Waals surface area contributed by atoms with Gasteiger partial charge in [0, 0.05) is 62.4 Å². The Labute approximate surface area is 253 Å². The van der Waals surface area contributed by atoms with Gasteiger partial charge in [-0.1, -0.05) is 18.1 Å². The lowest BCUT2D eigenvalue weighted by molar-refractivity contribution is -0.385. The summed E-state index contributed by atoms with van der Waals surface area (Å²) in [4.78, 5) is 40.9. The molecule has 4 aliphatic carbocycles. The summed E-state index contributed by atoms with van der Waals surface area (Å²) in [5, 5.41) is 14.4. The SMILES string of the molecule is C#Cc1ccc(COc2ccc([N+](=O)[O-])cc2CN2CCN(C(=O)CNC(=O)CC34CC5CC(CC(C5)C3)C4)CC2)cc1. The van der Waals surface area contributed by atoms with Crippen molar-refractivity contribution in [2.24, 2.45) is 23.2 Å². The lowest BCUT2D eigenvalue weighted by atomic mass is 9.49. The van der Waals surface area contributed by atoms with Crippen molar-refractivity contribution in [2.45, 2.75) is 58.1 Å². The summed E-state index contributed by atoms with van der Waals surface area (Å²) in [6.45, 7) is 3.15. The van der Waals surface area contributed by atoms with Crippen molar-refractivity contribution in [1.82, 2.24) is 15.1 Å². The number of hydrogen-bond acceptors (Lipinski definition) is 6. The number of carbonyl (C=O) groups is 2. The Kier molecular flexibility index (Phi) is 8.40. The number of terminal acetylenes is 1. The summed E-state index contributed by atoms with van der Waals surface area (Å²) in [7, 11) is 0. The van der Waals surface area contributed by atoms with E-state index in [4.69, 9.17) is 11.2 Å². The van der Waals surface area contributed by atoms with Crippen LogP contribution in [0.15, 0.2) is 42.5 Å². The van der Waals surface area contributed by atoms with Crippen molar-refractivity contribution in [3.05, 3.63) is 69.3 Å². The second kappa shape index (κ2) is 12.4. The van der Waals surface area contributed by atoms with Crippen LogP contribution >= 0.6 is 0 Å². The Balaban J connectivity index is 0.986. The van der Waals surface area contributed by atoms with E-state index < -0.39 is 4.92 Å². The average molecular weight is 585 g/mol. The van der Waals surface area contributed by atoms with Crippen molar-refractivity contribution >= 4 is 17.5 Å². The third kappa shape index (κ3) is 6.86. The van der Waals surface area contributed by atoms with Crippen LogP contribution in [0.3, 0.4) is 0 Å². The maximum Gasteiger partial charge on any atom is 0.270 e. The number of nitrogens with zero attached hydrogens (tertiary/aromatic N) is 3. The second-order valence-electron chi connectivity index (χ2n) is 13.2. The number of piperazine rings is 1. The number of nitro benzene ring substituents is 1. The molecule has 2 amide bonds. The Hall–Kier alpha value is -3.90. The van der Waals surface area contributed by atoms with Gasteiger partial charge in [0.2, 0.25) is 11.8 Å². The molecule has 4 bridgehead atoms. The van der Waals surface area contributed by atoms with Gasteiger partial charge in [0.1, 0.15) is 12.4 Å². The number of non-ortho nitro benzene ring substituents is 1. The van der Waals surface area contributed by atoms with Crippen LogP contribution in [0, 0.1) is 45.6 Å². The van der Waals surface area contributed by atoms with E-state index in [0.29, 0.717) is 51.5 Å². The Morgan fingerprint density at radius 1 is 1.00 bits per heavy atom. The number of hydrogen-bond donors (Lipinski definition) is 1. The lowest BCUT2D eigenvalue weighted by Crippen LogP contribution is -2.51. The maximum absolute atomic E-state index is 13.0. The van der Waals surface area contributed by atoms with E-state index >= 15 is 0 Å². The number of carbonyl (C=O) groups excluding carboxylic acids is 2. The fourth-order valence-corrected chi connectivity index (χ4v) is 8.39. The number of benzene rings is 2. The third-order valence-electron chi connectivity index (χ3n) is 10.0. The zero-order valence-electron chi connectivity index (χ0n) is 24.6. The van der Waals surface area contributed by atoms with Gasteiger partial charge >= 0.3 is 0 Å². The molecule has 1 aliphatic heterocycles. The zero-order chi connectivity index (χ0) is 30.0. The highest BCUT2D eigenvalue weighted by atomic mass is 16.6. The number of nitro groups is 1. The van der Waals surface area contributed by atoms with Crippen molar-refractivity contribution in [1.29, 1.82) is 0 Å². The normalized spacial score (nSPS) is 26.1. The molecule has 0 radical (unpaired) electrons. The first-order valence-corrected chi connectivity index (χ1v) is 15.5. The minimum atomic E-state index is -0.403. The van der Waals surface area contributed by atoms with Gasteiger partial charge in [-0.3, -0.25) is 24.6 Å². The molecule has 9 nitrogen and oxygen atoms in total. The van der Waals surface area contributed by atoms with E-state index in [1.807, 2.05) is 24.3 Å². The van der Waals surface area contributed by atoms with E-state index in [2.05, 4.69) is 16.1 Å². The van der Waals surface area contributed by atoms with Gasteiger partial charge in [0.05, 0.1) is 11.5 Å². The molecule has 2 aromatic carbocycles. The monoisotopic (exact) mass is 584 g/mol. The lowest BCUT2D eigenvalue weighted by Gasteiger charge is -2.56. The quantitative estimate of drug-likeness (QED) is 0.250. The molecule has 5 aliphatic rings. The van der Waals surface area contributed by atoms with Crippen LogP contribution in [0.2, 0.25) is 0 Å². The highest BCUT2D eigenvalue weighted by Crippen LogP contribution is 2.61. The van der Waals surface area contributed by atoms with Gasteiger partial charge in [-0.2, -0.15) is 0 Å². The highest BCUT2D eigenvalue weighted by molar-refractivity contribution is 5.85. The zero-order valence-corrected chi connectivity index (χ0v) is 24.6. The van der Waals surface area contributed by atoms with E-state index in [-0.39, 0.29) is 29.5 Å². The van der Waals surface area contributed by atoms with Crippen molar-refractivity contribution in [3.63, 3.8) is 0 Å². The Morgan fingerprint density at radius 3 is 2.26 bits per heavy atom.